The summed E-state index contributed by atoms with van der Waals surface area (Å²) in [6.45, 7) is 1.39. The summed E-state index contributed by atoms with van der Waals surface area (Å²) in [6, 6.07) is 9.63. The molecule has 3 unspecified atom stereocenters. The minimum atomic E-state index is -3.23. The van der Waals surface area contributed by atoms with E-state index < -0.39 is 14.8 Å². The molecule has 1 aliphatic heterocycles. The van der Waals surface area contributed by atoms with Gasteiger partial charge in [-0.25, -0.2) is 12.7 Å². The van der Waals surface area contributed by atoms with E-state index in [0.29, 0.717) is 25.4 Å². The average molecular weight is 433 g/mol. The van der Waals surface area contributed by atoms with Crippen molar-refractivity contribution in [3.63, 3.8) is 0 Å². The maximum Gasteiger partial charge on any atom is 0.227 e. The van der Waals surface area contributed by atoms with Gasteiger partial charge in [0.05, 0.1) is 4.75 Å². The molecule has 4 rings (SSSR count). The molecule has 0 radical (unpaired) electrons. The van der Waals surface area contributed by atoms with E-state index in [1.165, 1.54) is 0 Å². The number of sulfonamides is 1. The highest BCUT2D eigenvalue weighted by atomic mass is 32.2. The van der Waals surface area contributed by atoms with Crippen LogP contribution in [0, 0.1) is 11.8 Å². The van der Waals surface area contributed by atoms with Gasteiger partial charge >= 0.3 is 0 Å². The molecule has 3 fully saturated rings. The summed E-state index contributed by atoms with van der Waals surface area (Å²) in [7, 11) is -3.23. The lowest BCUT2D eigenvalue weighted by Crippen LogP contribution is -2.40. The van der Waals surface area contributed by atoms with Gasteiger partial charge in [0.15, 0.2) is 0 Å². The average Bonchev–Trinajstić information content (AvgIpc) is 3.17. The van der Waals surface area contributed by atoms with Crippen LogP contribution in [0.5, 0.6) is 0 Å². The van der Waals surface area contributed by atoms with Crippen LogP contribution >= 0.6 is 0 Å². The van der Waals surface area contributed by atoms with Crippen LogP contribution in [-0.2, 0) is 14.8 Å². The molecule has 3 atom stereocenters. The predicted molar refractivity (Wildman–Crippen MR) is 121 cm³/mol. The van der Waals surface area contributed by atoms with Gasteiger partial charge in [0.25, 0.3) is 0 Å². The Bertz CT molecular complexity index is 820. The van der Waals surface area contributed by atoms with Gasteiger partial charge in [0.2, 0.25) is 15.9 Å². The van der Waals surface area contributed by atoms with Gasteiger partial charge < -0.3 is 5.32 Å². The summed E-state index contributed by atoms with van der Waals surface area (Å²) in [5, 5.41) is 3.06. The minimum absolute atomic E-state index is 0.0339. The van der Waals surface area contributed by atoms with E-state index in [0.717, 1.165) is 76.3 Å². The highest BCUT2D eigenvalue weighted by Crippen LogP contribution is 2.57. The van der Waals surface area contributed by atoms with Crippen LogP contribution in [0.2, 0.25) is 0 Å². The third-order valence-corrected chi connectivity index (χ3v) is 10.3. The molecule has 3 aliphatic rings. The van der Waals surface area contributed by atoms with Crippen molar-refractivity contribution in [1.29, 1.82) is 0 Å². The minimum Gasteiger partial charge on any atom is -0.326 e. The SMILES string of the molecule is O=C(Nc1ccccc1)C1CCCCCCC2CC2(S(=O)(=O)N2CCCC2)CCC1. The molecule has 2 aliphatic carbocycles. The quantitative estimate of drug-likeness (QED) is 0.732. The van der Waals surface area contributed by atoms with Crippen molar-refractivity contribution in [2.24, 2.45) is 11.8 Å². The monoisotopic (exact) mass is 432 g/mol. The third-order valence-electron chi connectivity index (χ3n) is 7.51. The number of carbonyl (C=O) groups is 1. The first-order valence-electron chi connectivity index (χ1n) is 11.9. The smallest absolute Gasteiger partial charge is 0.227 e. The van der Waals surface area contributed by atoms with Crippen molar-refractivity contribution in [2.45, 2.75) is 81.8 Å². The number of carbonyl (C=O) groups excluding carboxylic acids is 1. The Morgan fingerprint density at radius 3 is 2.30 bits per heavy atom. The molecule has 5 nitrogen and oxygen atoms in total. The highest BCUT2D eigenvalue weighted by Gasteiger charge is 2.63. The van der Waals surface area contributed by atoms with Gasteiger partial charge in [-0.2, -0.15) is 0 Å². The molecule has 0 aromatic heterocycles. The topological polar surface area (TPSA) is 66.5 Å². The molecule has 1 heterocycles. The van der Waals surface area contributed by atoms with Crippen molar-refractivity contribution in [3.8, 4) is 0 Å². The first-order valence-corrected chi connectivity index (χ1v) is 13.3. The summed E-state index contributed by atoms with van der Waals surface area (Å²) < 4.78 is 28.2. The Hall–Kier alpha value is -1.40. The van der Waals surface area contributed by atoms with E-state index in [4.69, 9.17) is 0 Å². The Morgan fingerprint density at radius 2 is 1.57 bits per heavy atom. The molecule has 2 saturated carbocycles. The number of para-hydroxylation sites is 1. The fraction of sp³-hybridized carbons (Fsp3) is 0.708. The van der Waals surface area contributed by atoms with Crippen molar-refractivity contribution in [1.82, 2.24) is 4.31 Å². The van der Waals surface area contributed by atoms with Crippen LogP contribution in [0.15, 0.2) is 30.3 Å². The number of benzene rings is 1. The van der Waals surface area contributed by atoms with Crippen LogP contribution in [0.1, 0.15) is 77.0 Å². The molecule has 166 valence electrons. The molecule has 0 bridgehead atoms. The normalized spacial score (nSPS) is 31.2. The zero-order valence-corrected chi connectivity index (χ0v) is 18.8. The first kappa shape index (κ1) is 21.8. The van der Waals surface area contributed by atoms with Crippen LogP contribution in [0.4, 0.5) is 5.69 Å². The number of hydrogen-bond donors (Lipinski definition) is 1. The Labute approximate surface area is 181 Å². The largest absolute Gasteiger partial charge is 0.326 e. The van der Waals surface area contributed by atoms with Gasteiger partial charge in [-0.3, -0.25) is 4.79 Å². The summed E-state index contributed by atoms with van der Waals surface area (Å²) in [6.07, 6.45) is 11.5. The van der Waals surface area contributed by atoms with Crippen molar-refractivity contribution >= 4 is 21.6 Å². The maximum absolute atomic E-state index is 13.5. The lowest BCUT2D eigenvalue weighted by molar-refractivity contribution is -0.120. The van der Waals surface area contributed by atoms with Gasteiger partial charge in [-0.05, 0) is 63.0 Å². The molecule has 1 aromatic rings. The van der Waals surface area contributed by atoms with E-state index in [-0.39, 0.29) is 11.8 Å². The Kier molecular flexibility index (Phi) is 6.83. The molecule has 1 saturated heterocycles. The number of rotatable bonds is 4. The zero-order chi connectivity index (χ0) is 21.0. The lowest BCUT2D eigenvalue weighted by atomic mass is 9.92. The Balaban J connectivity index is 1.44. The third kappa shape index (κ3) is 4.59. The second-order valence-corrected chi connectivity index (χ2v) is 11.8. The predicted octanol–water partition coefficient (Wildman–Crippen LogP) is 4.95. The maximum atomic E-state index is 13.5. The van der Waals surface area contributed by atoms with E-state index >= 15 is 0 Å². The molecule has 0 spiro atoms. The zero-order valence-electron chi connectivity index (χ0n) is 18.0. The molecule has 1 amide bonds. The summed E-state index contributed by atoms with van der Waals surface area (Å²) in [4.78, 5) is 12.9. The number of nitrogens with one attached hydrogen (secondary N) is 1. The fourth-order valence-electron chi connectivity index (χ4n) is 5.61. The molecule has 1 aromatic carbocycles. The summed E-state index contributed by atoms with van der Waals surface area (Å²) in [5.41, 5.74) is 0.837. The lowest BCUT2D eigenvalue weighted by Gasteiger charge is -2.26. The van der Waals surface area contributed by atoms with Crippen LogP contribution in [-0.4, -0.2) is 36.5 Å². The van der Waals surface area contributed by atoms with Crippen LogP contribution in [0.3, 0.4) is 0 Å². The number of fused-ring (bicyclic) bond motifs is 1. The summed E-state index contributed by atoms with van der Waals surface area (Å²) in [5.74, 6) is 0.370. The van der Waals surface area contributed by atoms with Crippen molar-refractivity contribution < 1.29 is 13.2 Å². The van der Waals surface area contributed by atoms with Crippen molar-refractivity contribution in [2.75, 3.05) is 18.4 Å². The van der Waals surface area contributed by atoms with E-state index in [1.807, 2.05) is 30.3 Å². The molecule has 6 heteroatoms. The van der Waals surface area contributed by atoms with Gasteiger partial charge in [-0.15, -0.1) is 0 Å². The summed E-state index contributed by atoms with van der Waals surface area (Å²) >= 11 is 0. The molecular weight excluding hydrogens is 396 g/mol. The van der Waals surface area contributed by atoms with E-state index in [9.17, 15) is 13.2 Å². The number of amides is 1. The molecule has 1 N–H and O–H groups in total. The second-order valence-electron chi connectivity index (χ2n) is 9.51. The van der Waals surface area contributed by atoms with Gasteiger partial charge in [0, 0.05) is 24.7 Å². The molecular formula is C24H36N2O3S. The van der Waals surface area contributed by atoms with Crippen LogP contribution < -0.4 is 5.32 Å². The second kappa shape index (κ2) is 9.39. The standard InChI is InChI=1S/C24H36N2O3S/c27-23(25-22-14-6-3-7-15-22)20-11-4-1-2-5-13-21-19-24(21,16-10-12-20)30(28,29)26-17-8-9-18-26/h3,6-7,14-15,20-21H,1-2,4-5,8-13,16-19H2,(H,25,27). The number of anilines is 1. The van der Waals surface area contributed by atoms with E-state index in [2.05, 4.69) is 5.32 Å². The Morgan fingerprint density at radius 1 is 0.900 bits per heavy atom. The number of nitrogens with zero attached hydrogens (tertiary/aromatic N) is 1. The van der Waals surface area contributed by atoms with Crippen molar-refractivity contribution in [3.05, 3.63) is 30.3 Å². The van der Waals surface area contributed by atoms with Gasteiger partial charge in [0.1, 0.15) is 0 Å². The van der Waals surface area contributed by atoms with E-state index in [1.54, 1.807) is 4.31 Å². The first-order chi connectivity index (χ1) is 14.5. The van der Waals surface area contributed by atoms with Gasteiger partial charge in [-0.1, -0.05) is 50.3 Å². The highest BCUT2D eigenvalue weighted by molar-refractivity contribution is 7.90. The fourth-order valence-corrected chi connectivity index (χ4v) is 8.22. The number of hydrogen-bond acceptors (Lipinski definition) is 3. The van der Waals surface area contributed by atoms with Crippen LogP contribution in [0.25, 0.3) is 0 Å². The molecule has 30 heavy (non-hydrogen) atoms.